The molecular formula is C12H17Cl2NS. The van der Waals surface area contributed by atoms with Crippen LogP contribution >= 0.6 is 34.5 Å². The molecule has 1 aromatic rings. The van der Waals surface area contributed by atoms with Crippen LogP contribution in [-0.2, 0) is 0 Å². The lowest BCUT2D eigenvalue weighted by Crippen LogP contribution is -2.24. The molecule has 1 N–H and O–H groups in total. The Morgan fingerprint density at radius 1 is 1.44 bits per heavy atom. The molecule has 2 rings (SSSR count). The lowest BCUT2D eigenvalue weighted by molar-refractivity contribution is 0.453. The van der Waals surface area contributed by atoms with E-state index in [2.05, 4.69) is 12.2 Å². The minimum atomic E-state index is 0.303. The smallest absolute Gasteiger partial charge is 0.0991 e. The van der Waals surface area contributed by atoms with Gasteiger partial charge < -0.3 is 5.32 Å². The molecule has 0 radical (unpaired) electrons. The minimum absolute atomic E-state index is 0.303. The van der Waals surface area contributed by atoms with Crippen LogP contribution in [0.1, 0.15) is 44.2 Å². The summed E-state index contributed by atoms with van der Waals surface area (Å²) in [5.41, 5.74) is 1.13. The van der Waals surface area contributed by atoms with Gasteiger partial charge in [-0.2, -0.15) is 0 Å². The Balaban J connectivity index is 1.87. The molecule has 0 aromatic carbocycles. The Labute approximate surface area is 111 Å². The number of nitrogens with one attached hydrogen (secondary N) is 1. The van der Waals surface area contributed by atoms with Gasteiger partial charge in [-0.25, -0.2) is 0 Å². The molecule has 1 atom stereocenters. The van der Waals surface area contributed by atoms with E-state index in [-0.39, 0.29) is 0 Å². The predicted octanol–water partition coefficient (Wildman–Crippen LogP) is 4.90. The third kappa shape index (κ3) is 3.13. The first-order valence-electron chi connectivity index (χ1n) is 5.85. The molecule has 1 nitrogen and oxygen atoms in total. The average Bonchev–Trinajstić information content (AvgIpc) is 2.84. The highest BCUT2D eigenvalue weighted by molar-refractivity contribution is 7.20. The third-order valence-corrected chi connectivity index (χ3v) is 4.86. The molecule has 0 spiro atoms. The number of rotatable bonds is 4. The van der Waals surface area contributed by atoms with Crippen molar-refractivity contribution in [3.63, 3.8) is 0 Å². The zero-order chi connectivity index (χ0) is 11.5. The maximum Gasteiger partial charge on any atom is 0.0991 e. The SMILES string of the molecule is CC(NCC1CCCC1)c1cc(Cl)sc1Cl. The van der Waals surface area contributed by atoms with E-state index in [1.165, 1.54) is 37.0 Å². The number of thiophene rings is 1. The molecule has 0 aliphatic heterocycles. The van der Waals surface area contributed by atoms with E-state index in [4.69, 9.17) is 23.2 Å². The number of hydrogen-bond acceptors (Lipinski definition) is 2. The Hall–Kier alpha value is 0.240. The van der Waals surface area contributed by atoms with E-state index in [0.717, 1.165) is 26.7 Å². The van der Waals surface area contributed by atoms with Crippen molar-refractivity contribution >= 4 is 34.5 Å². The summed E-state index contributed by atoms with van der Waals surface area (Å²) >= 11 is 13.5. The third-order valence-electron chi connectivity index (χ3n) is 3.34. The van der Waals surface area contributed by atoms with Crippen molar-refractivity contribution < 1.29 is 0 Å². The molecule has 1 aliphatic rings. The lowest BCUT2D eigenvalue weighted by atomic mass is 10.1. The molecule has 16 heavy (non-hydrogen) atoms. The van der Waals surface area contributed by atoms with Gasteiger partial charge in [-0.15, -0.1) is 11.3 Å². The van der Waals surface area contributed by atoms with E-state index in [0.29, 0.717) is 6.04 Å². The average molecular weight is 278 g/mol. The normalized spacial score (nSPS) is 19.2. The second kappa shape index (κ2) is 5.72. The maximum absolute atomic E-state index is 6.13. The molecule has 0 amide bonds. The van der Waals surface area contributed by atoms with Gasteiger partial charge in [0.1, 0.15) is 0 Å². The first-order valence-corrected chi connectivity index (χ1v) is 7.42. The quantitative estimate of drug-likeness (QED) is 0.826. The molecule has 0 saturated heterocycles. The van der Waals surface area contributed by atoms with Gasteiger partial charge in [0.05, 0.1) is 8.67 Å². The van der Waals surface area contributed by atoms with Crippen molar-refractivity contribution in [3.05, 3.63) is 20.3 Å². The van der Waals surface area contributed by atoms with E-state index in [9.17, 15) is 0 Å². The zero-order valence-electron chi connectivity index (χ0n) is 9.43. The first-order chi connectivity index (χ1) is 7.66. The molecule has 4 heteroatoms. The molecule has 90 valence electrons. The fraction of sp³-hybridized carbons (Fsp3) is 0.667. The van der Waals surface area contributed by atoms with Crippen LogP contribution in [0.15, 0.2) is 6.07 Å². The summed E-state index contributed by atoms with van der Waals surface area (Å²) in [6, 6.07) is 2.28. The summed E-state index contributed by atoms with van der Waals surface area (Å²) in [6.45, 7) is 3.25. The van der Waals surface area contributed by atoms with Gasteiger partial charge in [-0.1, -0.05) is 36.0 Å². The Morgan fingerprint density at radius 3 is 2.69 bits per heavy atom. The fourth-order valence-corrected chi connectivity index (χ4v) is 3.96. The van der Waals surface area contributed by atoms with Crippen molar-refractivity contribution in [2.24, 2.45) is 5.92 Å². The molecule has 1 aromatic heterocycles. The largest absolute Gasteiger partial charge is 0.310 e. The fourth-order valence-electron chi connectivity index (χ4n) is 2.32. The highest BCUT2D eigenvalue weighted by Gasteiger charge is 2.17. The van der Waals surface area contributed by atoms with Gasteiger partial charge in [-0.3, -0.25) is 0 Å². The number of hydrogen-bond donors (Lipinski definition) is 1. The Morgan fingerprint density at radius 2 is 2.12 bits per heavy atom. The maximum atomic E-state index is 6.13. The van der Waals surface area contributed by atoms with Crippen LogP contribution in [0.4, 0.5) is 0 Å². The van der Waals surface area contributed by atoms with Crippen LogP contribution in [0.3, 0.4) is 0 Å². The predicted molar refractivity (Wildman–Crippen MR) is 72.7 cm³/mol. The monoisotopic (exact) mass is 277 g/mol. The lowest BCUT2D eigenvalue weighted by Gasteiger charge is -2.16. The van der Waals surface area contributed by atoms with Gasteiger partial charge in [0, 0.05) is 6.04 Å². The van der Waals surface area contributed by atoms with Crippen molar-refractivity contribution in [1.82, 2.24) is 5.32 Å². The topological polar surface area (TPSA) is 12.0 Å². The van der Waals surface area contributed by atoms with Gasteiger partial charge in [0.15, 0.2) is 0 Å². The summed E-state index contributed by atoms with van der Waals surface area (Å²) in [6.07, 6.45) is 5.53. The molecule has 0 bridgehead atoms. The minimum Gasteiger partial charge on any atom is -0.310 e. The number of halogens is 2. The van der Waals surface area contributed by atoms with Crippen LogP contribution in [0.2, 0.25) is 8.67 Å². The van der Waals surface area contributed by atoms with Crippen LogP contribution in [0.5, 0.6) is 0 Å². The first kappa shape index (κ1) is 12.7. The molecule has 1 fully saturated rings. The zero-order valence-corrected chi connectivity index (χ0v) is 11.8. The molecule has 1 saturated carbocycles. The Kier molecular flexibility index (Phi) is 4.54. The second-order valence-electron chi connectivity index (χ2n) is 4.56. The van der Waals surface area contributed by atoms with Crippen molar-refractivity contribution in [3.8, 4) is 0 Å². The summed E-state index contributed by atoms with van der Waals surface area (Å²) < 4.78 is 1.59. The van der Waals surface area contributed by atoms with Crippen LogP contribution in [0, 0.1) is 5.92 Å². The summed E-state index contributed by atoms with van der Waals surface area (Å²) in [4.78, 5) is 0. The van der Waals surface area contributed by atoms with Crippen molar-refractivity contribution in [2.45, 2.75) is 38.6 Å². The van der Waals surface area contributed by atoms with Gasteiger partial charge in [0.25, 0.3) is 0 Å². The van der Waals surface area contributed by atoms with E-state index >= 15 is 0 Å². The second-order valence-corrected chi connectivity index (χ2v) is 6.85. The van der Waals surface area contributed by atoms with Gasteiger partial charge in [0.2, 0.25) is 0 Å². The summed E-state index contributed by atoms with van der Waals surface area (Å²) in [5.74, 6) is 0.857. The van der Waals surface area contributed by atoms with Gasteiger partial charge in [-0.05, 0) is 43.9 Å². The van der Waals surface area contributed by atoms with Crippen molar-refractivity contribution in [2.75, 3.05) is 6.54 Å². The van der Waals surface area contributed by atoms with Gasteiger partial charge >= 0.3 is 0 Å². The summed E-state index contributed by atoms with van der Waals surface area (Å²) in [5, 5.41) is 3.56. The van der Waals surface area contributed by atoms with E-state index in [1.807, 2.05) is 6.07 Å². The van der Waals surface area contributed by atoms with Crippen LogP contribution < -0.4 is 5.32 Å². The molecule has 1 aliphatic carbocycles. The van der Waals surface area contributed by atoms with Crippen molar-refractivity contribution in [1.29, 1.82) is 0 Å². The van der Waals surface area contributed by atoms with Crippen LogP contribution in [-0.4, -0.2) is 6.54 Å². The highest BCUT2D eigenvalue weighted by Crippen LogP contribution is 2.35. The standard InChI is InChI=1S/C12H17Cl2NS/c1-8(10-6-11(13)16-12(10)14)15-7-9-4-2-3-5-9/h6,8-9,15H,2-5,7H2,1H3. The summed E-state index contributed by atoms with van der Waals surface area (Å²) in [7, 11) is 0. The molecular weight excluding hydrogens is 261 g/mol. The molecule has 1 heterocycles. The van der Waals surface area contributed by atoms with E-state index in [1.54, 1.807) is 0 Å². The highest BCUT2D eigenvalue weighted by atomic mass is 35.5. The van der Waals surface area contributed by atoms with E-state index < -0.39 is 0 Å². The van der Waals surface area contributed by atoms with Crippen LogP contribution in [0.25, 0.3) is 0 Å². The Bertz CT molecular complexity index is 345. The molecule has 1 unspecified atom stereocenters.